The fourth-order valence-corrected chi connectivity index (χ4v) is 1.35. The smallest absolute Gasteiger partial charge is 0.370 e. The SMILES string of the molecule is C=CCNC(N)=NCc1ccc(F)cc1C(F)(F)F.I. The van der Waals surface area contributed by atoms with Gasteiger partial charge in [-0.3, -0.25) is 0 Å². The Morgan fingerprint density at radius 1 is 1.40 bits per heavy atom. The molecule has 1 aromatic carbocycles. The van der Waals surface area contributed by atoms with Crippen molar-refractivity contribution < 1.29 is 17.6 Å². The van der Waals surface area contributed by atoms with Crippen LogP contribution in [0.15, 0.2) is 35.8 Å². The van der Waals surface area contributed by atoms with Crippen LogP contribution in [0.4, 0.5) is 17.6 Å². The zero-order chi connectivity index (χ0) is 14.5. The lowest BCUT2D eigenvalue weighted by Crippen LogP contribution is -2.31. The Hall–Kier alpha value is -1.32. The number of halogens is 5. The zero-order valence-corrected chi connectivity index (χ0v) is 12.7. The average Bonchev–Trinajstić information content (AvgIpc) is 2.33. The molecule has 3 nitrogen and oxygen atoms in total. The van der Waals surface area contributed by atoms with Gasteiger partial charge in [-0.15, -0.1) is 30.6 Å². The van der Waals surface area contributed by atoms with Crippen molar-refractivity contribution in [3.8, 4) is 0 Å². The maximum Gasteiger partial charge on any atom is 0.416 e. The van der Waals surface area contributed by atoms with Crippen LogP contribution >= 0.6 is 24.0 Å². The van der Waals surface area contributed by atoms with Gasteiger partial charge in [0.1, 0.15) is 5.82 Å². The summed E-state index contributed by atoms with van der Waals surface area (Å²) in [6, 6.07) is 2.44. The first-order valence-electron chi connectivity index (χ1n) is 5.35. The van der Waals surface area contributed by atoms with Crippen LogP contribution in [0.5, 0.6) is 0 Å². The summed E-state index contributed by atoms with van der Waals surface area (Å²) in [7, 11) is 0. The van der Waals surface area contributed by atoms with E-state index in [9.17, 15) is 17.6 Å². The minimum atomic E-state index is -4.63. The monoisotopic (exact) mass is 403 g/mol. The van der Waals surface area contributed by atoms with E-state index in [1.54, 1.807) is 0 Å². The molecule has 0 aliphatic heterocycles. The van der Waals surface area contributed by atoms with E-state index in [1.165, 1.54) is 6.08 Å². The van der Waals surface area contributed by atoms with Crippen molar-refractivity contribution in [3.63, 3.8) is 0 Å². The topological polar surface area (TPSA) is 50.4 Å². The van der Waals surface area contributed by atoms with E-state index in [2.05, 4.69) is 16.9 Å². The highest BCUT2D eigenvalue weighted by molar-refractivity contribution is 14.0. The van der Waals surface area contributed by atoms with Crippen LogP contribution < -0.4 is 11.1 Å². The van der Waals surface area contributed by atoms with Gasteiger partial charge in [0.25, 0.3) is 0 Å². The lowest BCUT2D eigenvalue weighted by Gasteiger charge is -2.11. The van der Waals surface area contributed by atoms with Gasteiger partial charge in [0.15, 0.2) is 5.96 Å². The summed E-state index contributed by atoms with van der Waals surface area (Å²) in [6.45, 7) is 3.51. The van der Waals surface area contributed by atoms with Crippen LogP contribution in [0.2, 0.25) is 0 Å². The van der Waals surface area contributed by atoms with Gasteiger partial charge in [-0.2, -0.15) is 13.2 Å². The minimum absolute atomic E-state index is 0. The zero-order valence-electron chi connectivity index (χ0n) is 10.4. The second kappa shape index (κ2) is 8.08. The van der Waals surface area contributed by atoms with E-state index in [1.807, 2.05) is 0 Å². The van der Waals surface area contributed by atoms with Crippen molar-refractivity contribution in [1.29, 1.82) is 0 Å². The molecule has 1 rings (SSSR count). The molecule has 8 heteroatoms. The molecule has 0 aliphatic rings. The molecule has 112 valence electrons. The largest absolute Gasteiger partial charge is 0.416 e. The number of alkyl halides is 3. The number of benzene rings is 1. The third-order valence-electron chi connectivity index (χ3n) is 2.22. The summed E-state index contributed by atoms with van der Waals surface area (Å²) < 4.78 is 50.9. The number of hydrogen-bond donors (Lipinski definition) is 2. The van der Waals surface area contributed by atoms with Gasteiger partial charge in [-0.25, -0.2) is 9.38 Å². The Kier molecular flexibility index (Phi) is 7.54. The van der Waals surface area contributed by atoms with E-state index in [0.717, 1.165) is 12.1 Å². The van der Waals surface area contributed by atoms with Crippen LogP contribution in [0.25, 0.3) is 0 Å². The molecule has 0 unspecified atom stereocenters. The maximum atomic E-state index is 12.9. The van der Waals surface area contributed by atoms with E-state index in [-0.39, 0.29) is 42.0 Å². The third kappa shape index (κ3) is 5.76. The molecule has 0 aromatic heterocycles. The number of nitrogens with one attached hydrogen (secondary N) is 1. The molecule has 0 saturated heterocycles. The molecule has 0 saturated carbocycles. The van der Waals surface area contributed by atoms with Crippen molar-refractivity contribution in [2.45, 2.75) is 12.7 Å². The predicted molar refractivity (Wildman–Crippen MR) is 80.3 cm³/mol. The first-order chi connectivity index (χ1) is 8.84. The van der Waals surface area contributed by atoms with Crippen LogP contribution in [0, 0.1) is 5.82 Å². The first-order valence-corrected chi connectivity index (χ1v) is 5.35. The standard InChI is InChI=1S/C12H13F4N3.HI/c1-2-5-18-11(17)19-7-8-3-4-9(13)6-10(8)12(14,15)16;/h2-4,6H,1,5,7H2,(H3,17,18,19);1H. The molecule has 0 atom stereocenters. The molecule has 0 amide bonds. The van der Waals surface area contributed by atoms with Crippen molar-refractivity contribution >= 4 is 29.9 Å². The summed E-state index contributed by atoms with van der Waals surface area (Å²) in [5, 5.41) is 2.63. The van der Waals surface area contributed by atoms with E-state index >= 15 is 0 Å². The Morgan fingerprint density at radius 2 is 2.05 bits per heavy atom. The van der Waals surface area contributed by atoms with Gasteiger partial charge >= 0.3 is 6.18 Å². The molecule has 0 aliphatic carbocycles. The highest BCUT2D eigenvalue weighted by Crippen LogP contribution is 2.32. The van der Waals surface area contributed by atoms with Gasteiger partial charge in [0.2, 0.25) is 0 Å². The second-order valence-electron chi connectivity index (χ2n) is 3.67. The fraction of sp³-hybridized carbons (Fsp3) is 0.250. The molecule has 0 heterocycles. The Morgan fingerprint density at radius 3 is 2.60 bits per heavy atom. The summed E-state index contributed by atoms with van der Waals surface area (Å²) in [5.41, 5.74) is 4.24. The first kappa shape index (κ1) is 18.7. The molecule has 0 fully saturated rings. The van der Waals surface area contributed by atoms with Gasteiger partial charge < -0.3 is 11.1 Å². The third-order valence-corrected chi connectivity index (χ3v) is 2.22. The number of hydrogen-bond acceptors (Lipinski definition) is 1. The highest BCUT2D eigenvalue weighted by atomic mass is 127. The summed E-state index contributed by atoms with van der Waals surface area (Å²) in [5.74, 6) is -0.949. The Bertz CT molecular complexity index is 486. The van der Waals surface area contributed by atoms with Crippen LogP contribution in [-0.2, 0) is 12.7 Å². The van der Waals surface area contributed by atoms with Crippen molar-refractivity contribution in [3.05, 3.63) is 47.8 Å². The second-order valence-corrected chi connectivity index (χ2v) is 3.67. The van der Waals surface area contributed by atoms with E-state index in [0.29, 0.717) is 12.6 Å². The highest BCUT2D eigenvalue weighted by Gasteiger charge is 2.33. The van der Waals surface area contributed by atoms with Crippen LogP contribution in [0.1, 0.15) is 11.1 Å². The van der Waals surface area contributed by atoms with Crippen molar-refractivity contribution in [2.24, 2.45) is 10.7 Å². The van der Waals surface area contributed by atoms with E-state index in [4.69, 9.17) is 5.73 Å². The number of aliphatic imine (C=N–C) groups is 1. The van der Waals surface area contributed by atoms with Gasteiger partial charge in [-0.05, 0) is 17.7 Å². The molecule has 0 bridgehead atoms. The molecule has 0 spiro atoms. The quantitative estimate of drug-likeness (QED) is 0.267. The fourth-order valence-electron chi connectivity index (χ4n) is 1.35. The molecular formula is C12H14F4IN3. The van der Waals surface area contributed by atoms with Gasteiger partial charge in [-0.1, -0.05) is 12.1 Å². The summed E-state index contributed by atoms with van der Waals surface area (Å²) in [6.07, 6.45) is -3.10. The van der Waals surface area contributed by atoms with Crippen LogP contribution in [-0.4, -0.2) is 12.5 Å². The molecule has 0 radical (unpaired) electrons. The lowest BCUT2D eigenvalue weighted by molar-refractivity contribution is -0.138. The summed E-state index contributed by atoms with van der Waals surface area (Å²) in [4.78, 5) is 3.75. The molecular weight excluding hydrogens is 389 g/mol. The normalized spacial score (nSPS) is 11.7. The van der Waals surface area contributed by atoms with Crippen molar-refractivity contribution in [2.75, 3.05) is 6.54 Å². The number of guanidine groups is 1. The number of rotatable bonds is 4. The average molecular weight is 403 g/mol. The van der Waals surface area contributed by atoms with Crippen LogP contribution in [0.3, 0.4) is 0 Å². The lowest BCUT2D eigenvalue weighted by atomic mass is 10.1. The predicted octanol–water partition coefficient (Wildman–Crippen LogP) is 3.05. The van der Waals surface area contributed by atoms with Gasteiger partial charge in [0, 0.05) is 6.54 Å². The number of nitrogens with zero attached hydrogens (tertiary/aromatic N) is 1. The molecule has 20 heavy (non-hydrogen) atoms. The minimum Gasteiger partial charge on any atom is -0.370 e. The maximum absolute atomic E-state index is 12.9. The molecule has 1 aromatic rings. The molecule has 3 N–H and O–H groups in total. The Labute approximate surface area is 131 Å². The summed E-state index contributed by atoms with van der Waals surface area (Å²) >= 11 is 0. The van der Waals surface area contributed by atoms with Gasteiger partial charge in [0.05, 0.1) is 12.1 Å². The number of nitrogens with two attached hydrogens (primary N) is 1. The van der Waals surface area contributed by atoms with Crippen molar-refractivity contribution in [1.82, 2.24) is 5.32 Å². The van der Waals surface area contributed by atoms with E-state index < -0.39 is 17.6 Å². The Balaban J connectivity index is 0.00000361.